The van der Waals surface area contributed by atoms with Crippen molar-refractivity contribution >= 4 is 0 Å². The summed E-state index contributed by atoms with van der Waals surface area (Å²) in [5.74, 6) is 0.622. The van der Waals surface area contributed by atoms with Crippen LogP contribution in [0.4, 0.5) is 4.39 Å². The summed E-state index contributed by atoms with van der Waals surface area (Å²) in [5.41, 5.74) is 1.58. The minimum atomic E-state index is -0.488. The molecule has 2 fully saturated rings. The zero-order chi connectivity index (χ0) is 17.8. The molecule has 5 heteroatoms. The Morgan fingerprint density at radius 3 is 2.68 bits per heavy atom. The molecule has 1 aromatic carbocycles. The van der Waals surface area contributed by atoms with Gasteiger partial charge in [-0.3, -0.25) is 4.90 Å². The lowest BCUT2D eigenvalue weighted by atomic mass is 9.93. The lowest BCUT2D eigenvalue weighted by molar-refractivity contribution is -0.113. The van der Waals surface area contributed by atoms with Crippen LogP contribution >= 0.6 is 0 Å². The highest BCUT2D eigenvalue weighted by atomic mass is 19.1. The number of ether oxygens (including phenoxy) is 1. The maximum Gasteiger partial charge on any atom is 0.127 e. The van der Waals surface area contributed by atoms with Crippen molar-refractivity contribution in [2.24, 2.45) is 5.92 Å². The van der Waals surface area contributed by atoms with Crippen LogP contribution in [0.15, 0.2) is 18.2 Å². The van der Waals surface area contributed by atoms with Gasteiger partial charge in [0.15, 0.2) is 0 Å². The van der Waals surface area contributed by atoms with Crippen LogP contribution < -0.4 is 0 Å². The summed E-state index contributed by atoms with van der Waals surface area (Å²) in [5, 5.41) is 19.3. The lowest BCUT2D eigenvalue weighted by Gasteiger charge is -2.33. The fourth-order valence-corrected chi connectivity index (χ4v) is 4.03. The van der Waals surface area contributed by atoms with Crippen molar-refractivity contribution in [3.63, 3.8) is 0 Å². The first-order chi connectivity index (χ1) is 12.1. The molecule has 0 aromatic heterocycles. The SMILES string of the molecule is CCC1CCN(Cc2cc(C3CC(O)CC(CO)O3)ccc2F)CC1. The third kappa shape index (κ3) is 4.79. The van der Waals surface area contributed by atoms with Crippen molar-refractivity contribution in [1.29, 1.82) is 0 Å². The second kappa shape index (κ2) is 8.58. The van der Waals surface area contributed by atoms with Gasteiger partial charge in [-0.05, 0) is 49.5 Å². The average Bonchev–Trinajstić information content (AvgIpc) is 2.63. The summed E-state index contributed by atoms with van der Waals surface area (Å²) < 4.78 is 20.2. The number of likely N-dealkylation sites (tertiary alicyclic amines) is 1. The molecule has 2 N–H and O–H groups in total. The van der Waals surface area contributed by atoms with Gasteiger partial charge in [-0.15, -0.1) is 0 Å². The van der Waals surface area contributed by atoms with Crippen molar-refractivity contribution in [2.75, 3.05) is 19.7 Å². The normalized spacial score (nSPS) is 29.0. The Labute approximate surface area is 149 Å². The third-order valence-electron chi connectivity index (χ3n) is 5.70. The maximum atomic E-state index is 14.3. The Hall–Kier alpha value is -1.01. The van der Waals surface area contributed by atoms with Crippen molar-refractivity contribution in [3.8, 4) is 0 Å². The van der Waals surface area contributed by atoms with E-state index in [1.807, 2.05) is 6.07 Å². The molecule has 2 saturated heterocycles. The quantitative estimate of drug-likeness (QED) is 0.856. The summed E-state index contributed by atoms with van der Waals surface area (Å²) in [7, 11) is 0. The summed E-state index contributed by atoms with van der Waals surface area (Å²) in [6.45, 7) is 4.80. The van der Waals surface area contributed by atoms with E-state index >= 15 is 0 Å². The third-order valence-corrected chi connectivity index (χ3v) is 5.70. The van der Waals surface area contributed by atoms with Crippen LogP contribution in [0.25, 0.3) is 0 Å². The van der Waals surface area contributed by atoms with E-state index in [4.69, 9.17) is 4.74 Å². The van der Waals surface area contributed by atoms with E-state index in [1.54, 1.807) is 6.07 Å². The Kier molecular flexibility index (Phi) is 6.44. The number of halogens is 1. The van der Waals surface area contributed by atoms with Crippen molar-refractivity contribution in [3.05, 3.63) is 35.1 Å². The zero-order valence-electron chi connectivity index (χ0n) is 15.0. The number of hydrogen-bond acceptors (Lipinski definition) is 4. The van der Waals surface area contributed by atoms with Crippen LogP contribution in [-0.4, -0.2) is 47.0 Å². The minimum Gasteiger partial charge on any atom is -0.394 e. The van der Waals surface area contributed by atoms with Gasteiger partial charge in [0, 0.05) is 24.9 Å². The Morgan fingerprint density at radius 2 is 2.00 bits per heavy atom. The highest BCUT2D eigenvalue weighted by molar-refractivity contribution is 5.27. The molecule has 0 radical (unpaired) electrons. The van der Waals surface area contributed by atoms with E-state index in [-0.39, 0.29) is 24.6 Å². The first-order valence-corrected chi connectivity index (χ1v) is 9.54. The van der Waals surface area contributed by atoms with Crippen LogP contribution in [0.5, 0.6) is 0 Å². The molecule has 0 spiro atoms. The standard InChI is InChI=1S/C20H30FNO3/c1-2-14-5-7-22(8-6-14)12-16-9-15(3-4-19(16)21)20-11-17(24)10-18(13-23)25-20/h3-4,9,14,17-18,20,23-24H,2,5-8,10-13H2,1H3. The van der Waals surface area contributed by atoms with Gasteiger partial charge in [0.05, 0.1) is 24.9 Å². The molecule has 2 heterocycles. The summed E-state index contributed by atoms with van der Waals surface area (Å²) in [4.78, 5) is 2.32. The second-order valence-electron chi connectivity index (χ2n) is 7.53. The van der Waals surface area contributed by atoms with Gasteiger partial charge in [0.25, 0.3) is 0 Å². The lowest BCUT2D eigenvalue weighted by Crippen LogP contribution is -2.34. The first-order valence-electron chi connectivity index (χ1n) is 9.54. The molecule has 3 unspecified atom stereocenters. The van der Waals surface area contributed by atoms with Crippen molar-refractivity contribution in [2.45, 2.75) is 63.9 Å². The monoisotopic (exact) mass is 351 g/mol. The molecule has 0 aliphatic carbocycles. The van der Waals surface area contributed by atoms with E-state index in [0.717, 1.165) is 24.6 Å². The predicted octanol–water partition coefficient (Wildman–Crippen LogP) is 3.02. The molecule has 2 aliphatic rings. The predicted molar refractivity (Wildman–Crippen MR) is 94.6 cm³/mol. The average molecular weight is 351 g/mol. The summed E-state index contributed by atoms with van der Waals surface area (Å²) in [6.07, 6.45) is 3.42. The first kappa shape index (κ1) is 18.8. The van der Waals surface area contributed by atoms with E-state index < -0.39 is 6.10 Å². The van der Waals surface area contributed by atoms with Gasteiger partial charge in [0.1, 0.15) is 5.82 Å². The number of piperidine rings is 1. The molecule has 1 aromatic rings. The topological polar surface area (TPSA) is 52.9 Å². The highest BCUT2D eigenvalue weighted by Crippen LogP contribution is 2.32. The fourth-order valence-electron chi connectivity index (χ4n) is 4.03. The molecule has 0 saturated carbocycles. The Balaban J connectivity index is 1.68. The molecular formula is C20H30FNO3. The van der Waals surface area contributed by atoms with E-state index in [0.29, 0.717) is 24.9 Å². The maximum absolute atomic E-state index is 14.3. The Bertz CT molecular complexity index is 560. The van der Waals surface area contributed by atoms with Crippen LogP contribution in [0, 0.1) is 11.7 Å². The Morgan fingerprint density at radius 1 is 1.24 bits per heavy atom. The highest BCUT2D eigenvalue weighted by Gasteiger charge is 2.29. The summed E-state index contributed by atoms with van der Waals surface area (Å²) >= 11 is 0. The van der Waals surface area contributed by atoms with Crippen LogP contribution in [0.3, 0.4) is 0 Å². The van der Waals surface area contributed by atoms with Gasteiger partial charge in [-0.2, -0.15) is 0 Å². The molecule has 140 valence electrons. The van der Waals surface area contributed by atoms with Crippen molar-refractivity contribution in [1.82, 2.24) is 4.90 Å². The molecule has 2 aliphatic heterocycles. The van der Waals surface area contributed by atoms with Gasteiger partial charge in [0.2, 0.25) is 0 Å². The van der Waals surface area contributed by atoms with Gasteiger partial charge in [-0.1, -0.05) is 19.4 Å². The van der Waals surface area contributed by atoms with E-state index in [9.17, 15) is 14.6 Å². The minimum absolute atomic E-state index is 0.103. The van der Waals surface area contributed by atoms with Crippen LogP contribution in [-0.2, 0) is 11.3 Å². The molecule has 25 heavy (non-hydrogen) atoms. The number of rotatable bonds is 5. The summed E-state index contributed by atoms with van der Waals surface area (Å²) in [6, 6.07) is 5.11. The van der Waals surface area contributed by atoms with E-state index in [2.05, 4.69) is 11.8 Å². The molecule has 3 atom stereocenters. The van der Waals surface area contributed by atoms with Gasteiger partial charge >= 0.3 is 0 Å². The molecular weight excluding hydrogens is 321 g/mol. The fraction of sp³-hybridized carbons (Fsp3) is 0.700. The largest absolute Gasteiger partial charge is 0.394 e. The number of hydrogen-bond donors (Lipinski definition) is 2. The van der Waals surface area contributed by atoms with Gasteiger partial charge < -0.3 is 14.9 Å². The van der Waals surface area contributed by atoms with Crippen molar-refractivity contribution < 1.29 is 19.3 Å². The zero-order valence-corrected chi connectivity index (χ0v) is 15.0. The number of aliphatic hydroxyl groups is 2. The molecule has 0 amide bonds. The molecule has 4 nitrogen and oxygen atoms in total. The van der Waals surface area contributed by atoms with Crippen LogP contribution in [0.1, 0.15) is 56.3 Å². The number of nitrogens with zero attached hydrogens (tertiary/aromatic N) is 1. The van der Waals surface area contributed by atoms with Gasteiger partial charge in [-0.25, -0.2) is 4.39 Å². The number of aliphatic hydroxyl groups excluding tert-OH is 2. The number of benzene rings is 1. The van der Waals surface area contributed by atoms with E-state index in [1.165, 1.54) is 25.3 Å². The van der Waals surface area contributed by atoms with Crippen LogP contribution in [0.2, 0.25) is 0 Å². The molecule has 0 bridgehead atoms. The molecule has 3 rings (SSSR count). The smallest absolute Gasteiger partial charge is 0.127 e. The second-order valence-corrected chi connectivity index (χ2v) is 7.53.